The molecule has 0 amide bonds. The van der Waals surface area contributed by atoms with Crippen LogP contribution in [-0.2, 0) is 9.47 Å². The van der Waals surface area contributed by atoms with Gasteiger partial charge in [0.1, 0.15) is 24.3 Å². The molecule has 2 aliphatic heterocycles. The van der Waals surface area contributed by atoms with Crippen molar-refractivity contribution in [3.05, 3.63) is 29.8 Å². The van der Waals surface area contributed by atoms with E-state index in [1.807, 2.05) is 31.2 Å². The van der Waals surface area contributed by atoms with E-state index in [4.69, 9.17) is 24.2 Å². The summed E-state index contributed by atoms with van der Waals surface area (Å²) in [6.07, 6.45) is 0.394. The maximum atomic E-state index is 9.95. The third kappa shape index (κ3) is 5.66. The van der Waals surface area contributed by atoms with Crippen LogP contribution in [0.5, 0.6) is 5.75 Å². The van der Waals surface area contributed by atoms with Gasteiger partial charge in [0.05, 0.1) is 31.6 Å². The van der Waals surface area contributed by atoms with Crippen LogP contribution in [0.2, 0.25) is 0 Å². The molecule has 3 N–H and O–H groups in total. The van der Waals surface area contributed by atoms with Crippen molar-refractivity contribution in [2.45, 2.75) is 25.5 Å². The molecule has 1 unspecified atom stereocenters. The minimum absolute atomic E-state index is 0.223. The second-order valence-corrected chi connectivity index (χ2v) is 8.20. The zero-order valence-corrected chi connectivity index (χ0v) is 18.8. The topological polar surface area (TPSA) is 101 Å². The molecule has 0 saturated carbocycles. The molecule has 2 aromatic rings. The molecule has 0 radical (unpaired) electrons. The highest BCUT2D eigenvalue weighted by molar-refractivity contribution is 5.71. The molecule has 0 bridgehead atoms. The first-order chi connectivity index (χ1) is 15.6. The van der Waals surface area contributed by atoms with E-state index >= 15 is 0 Å². The van der Waals surface area contributed by atoms with Gasteiger partial charge < -0.3 is 34.9 Å². The lowest BCUT2D eigenvalue weighted by atomic mass is 10.1. The van der Waals surface area contributed by atoms with E-state index < -0.39 is 6.10 Å². The summed E-state index contributed by atoms with van der Waals surface area (Å²) in [7, 11) is 1.80. The maximum absolute atomic E-state index is 9.95. The van der Waals surface area contributed by atoms with E-state index in [-0.39, 0.29) is 12.6 Å². The van der Waals surface area contributed by atoms with E-state index in [2.05, 4.69) is 15.5 Å². The third-order valence-corrected chi connectivity index (χ3v) is 5.69. The Hall–Kier alpha value is -2.46. The number of aromatic nitrogens is 2. The van der Waals surface area contributed by atoms with Crippen LogP contribution in [0.4, 0.5) is 11.8 Å². The van der Waals surface area contributed by atoms with Crippen molar-refractivity contribution >= 4 is 11.8 Å². The van der Waals surface area contributed by atoms with Crippen molar-refractivity contribution in [1.82, 2.24) is 15.3 Å². The lowest BCUT2D eigenvalue weighted by Crippen LogP contribution is -2.37. The predicted octanol–water partition coefficient (Wildman–Crippen LogP) is 1.45. The number of morpholine rings is 1. The fraction of sp³-hybridized carbons (Fsp3) is 0.565. The Morgan fingerprint density at radius 3 is 2.81 bits per heavy atom. The number of rotatable bonds is 9. The van der Waals surface area contributed by atoms with Gasteiger partial charge in [0.2, 0.25) is 5.95 Å². The lowest BCUT2D eigenvalue weighted by molar-refractivity contribution is 0.108. The Bertz CT molecular complexity index is 885. The number of likely N-dealkylation sites (N-methyl/N-ethyl adjacent to an activating group) is 1. The molecule has 0 spiro atoms. The molecular formula is C23H33N5O4. The van der Waals surface area contributed by atoms with Gasteiger partial charge >= 0.3 is 0 Å². The van der Waals surface area contributed by atoms with Crippen LogP contribution >= 0.6 is 0 Å². The molecule has 9 nitrogen and oxygen atoms in total. The number of aliphatic hydroxyl groups excluding tert-OH is 1. The van der Waals surface area contributed by atoms with Gasteiger partial charge in [-0.1, -0.05) is 12.1 Å². The highest BCUT2D eigenvalue weighted by atomic mass is 16.5. The number of ether oxygens (including phenoxy) is 3. The molecule has 0 aliphatic carbocycles. The average molecular weight is 444 g/mol. The Morgan fingerprint density at radius 1 is 1.22 bits per heavy atom. The largest absolute Gasteiger partial charge is 0.491 e. The Morgan fingerprint density at radius 2 is 2.06 bits per heavy atom. The second kappa shape index (κ2) is 10.9. The number of nitrogens with zero attached hydrogens (tertiary/aromatic N) is 3. The third-order valence-electron chi connectivity index (χ3n) is 5.69. The van der Waals surface area contributed by atoms with Gasteiger partial charge in [-0.15, -0.1) is 0 Å². The van der Waals surface area contributed by atoms with Gasteiger partial charge in [-0.3, -0.25) is 0 Å². The van der Waals surface area contributed by atoms with E-state index in [0.717, 1.165) is 48.8 Å². The summed E-state index contributed by atoms with van der Waals surface area (Å²) >= 11 is 0. The van der Waals surface area contributed by atoms with E-state index in [9.17, 15) is 5.11 Å². The molecule has 1 aromatic carbocycles. The Labute approximate surface area is 189 Å². The summed E-state index contributed by atoms with van der Waals surface area (Å²) in [6.45, 7) is 7.07. The maximum Gasteiger partial charge on any atom is 0.228 e. The molecule has 32 heavy (non-hydrogen) atoms. The molecule has 2 atom stereocenters. The van der Waals surface area contributed by atoms with Crippen LogP contribution in [0, 0.1) is 6.92 Å². The van der Waals surface area contributed by atoms with Crippen molar-refractivity contribution in [2.24, 2.45) is 0 Å². The molecule has 9 heteroatoms. The second-order valence-electron chi connectivity index (χ2n) is 8.20. The SMILES string of the molecule is CNCC(O)COc1cccc(-c2nc(N3CCOCC3)nc(N[C@@H]3CCOC3)c2C)c1. The molecule has 3 heterocycles. The lowest BCUT2D eigenvalue weighted by Gasteiger charge is -2.28. The van der Waals surface area contributed by atoms with Crippen molar-refractivity contribution in [3.63, 3.8) is 0 Å². The van der Waals surface area contributed by atoms with Crippen molar-refractivity contribution in [3.8, 4) is 17.0 Å². The van der Waals surface area contributed by atoms with Gasteiger partial charge in [0.15, 0.2) is 0 Å². The molecular weight excluding hydrogens is 410 g/mol. The molecule has 2 saturated heterocycles. The van der Waals surface area contributed by atoms with Crippen LogP contribution in [-0.4, -0.2) is 86.9 Å². The zero-order chi connectivity index (χ0) is 22.3. The fourth-order valence-electron chi connectivity index (χ4n) is 3.89. The minimum Gasteiger partial charge on any atom is -0.491 e. The minimum atomic E-state index is -0.568. The fourth-order valence-corrected chi connectivity index (χ4v) is 3.89. The quantitative estimate of drug-likeness (QED) is 0.532. The number of benzene rings is 1. The molecule has 2 aliphatic rings. The highest BCUT2D eigenvalue weighted by Gasteiger charge is 2.22. The smallest absolute Gasteiger partial charge is 0.228 e. The summed E-state index contributed by atoms with van der Waals surface area (Å²) in [5.41, 5.74) is 2.80. The molecule has 174 valence electrons. The molecule has 1 aromatic heterocycles. The van der Waals surface area contributed by atoms with E-state index in [1.165, 1.54) is 0 Å². The van der Waals surface area contributed by atoms with Crippen LogP contribution in [0.25, 0.3) is 11.3 Å². The van der Waals surface area contributed by atoms with Gasteiger partial charge in [-0.2, -0.15) is 4.98 Å². The van der Waals surface area contributed by atoms with E-state index in [1.54, 1.807) is 7.05 Å². The first kappa shape index (κ1) is 22.7. The number of hydrogen-bond acceptors (Lipinski definition) is 9. The summed E-state index contributed by atoms with van der Waals surface area (Å²) in [6, 6.07) is 8.08. The summed E-state index contributed by atoms with van der Waals surface area (Å²) in [5.74, 6) is 2.23. The van der Waals surface area contributed by atoms with Crippen molar-refractivity contribution < 1.29 is 19.3 Å². The number of hydrogen-bond donors (Lipinski definition) is 3. The van der Waals surface area contributed by atoms with Crippen LogP contribution < -0.4 is 20.3 Å². The van der Waals surface area contributed by atoms with Crippen molar-refractivity contribution in [2.75, 3.05) is 69.9 Å². The summed E-state index contributed by atoms with van der Waals surface area (Å²) < 4.78 is 16.9. The molecule has 2 fully saturated rings. The van der Waals surface area contributed by atoms with Gasteiger partial charge in [-0.05, 0) is 32.5 Å². The first-order valence-electron chi connectivity index (χ1n) is 11.3. The van der Waals surface area contributed by atoms with Gasteiger partial charge in [0, 0.05) is 37.4 Å². The van der Waals surface area contributed by atoms with E-state index in [0.29, 0.717) is 38.1 Å². The number of aliphatic hydroxyl groups is 1. The summed E-state index contributed by atoms with van der Waals surface area (Å²) in [5, 5.41) is 16.5. The highest BCUT2D eigenvalue weighted by Crippen LogP contribution is 2.31. The first-order valence-corrected chi connectivity index (χ1v) is 11.3. The standard InChI is InChI=1S/C23H33N5O4/c1-16-21(17-4-3-5-20(12-17)32-15-19(29)13-24-2)26-23(28-7-10-30-11-8-28)27-22(16)25-18-6-9-31-14-18/h3-5,12,18-19,24,29H,6-11,13-15H2,1-2H3,(H,25,26,27)/t18-,19?/m1/s1. The van der Waals surface area contributed by atoms with Crippen LogP contribution in [0.1, 0.15) is 12.0 Å². The van der Waals surface area contributed by atoms with Crippen LogP contribution in [0.3, 0.4) is 0 Å². The predicted molar refractivity (Wildman–Crippen MR) is 124 cm³/mol. The zero-order valence-electron chi connectivity index (χ0n) is 18.8. The molecule has 4 rings (SSSR count). The Balaban J connectivity index is 1.63. The van der Waals surface area contributed by atoms with Gasteiger partial charge in [0.25, 0.3) is 0 Å². The van der Waals surface area contributed by atoms with Gasteiger partial charge in [-0.25, -0.2) is 4.98 Å². The summed E-state index contributed by atoms with van der Waals surface area (Å²) in [4.78, 5) is 12.0. The number of nitrogens with one attached hydrogen (secondary N) is 2. The number of anilines is 2. The van der Waals surface area contributed by atoms with Crippen molar-refractivity contribution in [1.29, 1.82) is 0 Å². The normalized spacial score (nSPS) is 19.7. The monoisotopic (exact) mass is 443 g/mol. The Kier molecular flexibility index (Phi) is 7.75. The average Bonchev–Trinajstić information content (AvgIpc) is 3.33. The van der Waals surface area contributed by atoms with Crippen LogP contribution in [0.15, 0.2) is 24.3 Å².